The summed E-state index contributed by atoms with van der Waals surface area (Å²) in [6.07, 6.45) is 1.42. The van der Waals surface area contributed by atoms with Crippen LogP contribution in [0.5, 0.6) is 0 Å². The minimum Gasteiger partial charge on any atom is -0.345 e. The maximum absolute atomic E-state index is 12.6. The van der Waals surface area contributed by atoms with Gasteiger partial charge in [-0.1, -0.05) is 41.9 Å². The molecule has 0 aliphatic rings. The van der Waals surface area contributed by atoms with E-state index in [1.165, 1.54) is 11.0 Å². The molecule has 116 valence electrons. The molecule has 1 aromatic heterocycles. The number of amides is 1. The van der Waals surface area contributed by atoms with E-state index in [2.05, 4.69) is 20.8 Å². The molecule has 0 fully saturated rings. The number of hydrogen-bond acceptors (Lipinski definition) is 4. The summed E-state index contributed by atoms with van der Waals surface area (Å²) in [5, 5.41) is 14.5. The molecule has 23 heavy (non-hydrogen) atoms. The summed E-state index contributed by atoms with van der Waals surface area (Å²) < 4.78 is 1.41. The highest BCUT2D eigenvalue weighted by Gasteiger charge is 2.17. The Hall–Kier alpha value is -2.73. The lowest BCUT2D eigenvalue weighted by Gasteiger charge is -2.16. The molecule has 0 aliphatic heterocycles. The van der Waals surface area contributed by atoms with Crippen LogP contribution in [-0.2, 0) is 0 Å². The molecule has 7 heteroatoms. The molecule has 0 bridgehead atoms. The normalized spacial score (nSPS) is 11.9. The molecule has 1 amide bonds. The molecule has 0 radical (unpaired) electrons. The van der Waals surface area contributed by atoms with Crippen molar-refractivity contribution in [2.24, 2.45) is 0 Å². The van der Waals surface area contributed by atoms with E-state index in [1.807, 2.05) is 37.3 Å². The number of carbonyl (C=O) groups is 1. The number of benzene rings is 2. The van der Waals surface area contributed by atoms with Gasteiger partial charge in [0.2, 0.25) is 0 Å². The second-order valence-electron chi connectivity index (χ2n) is 5.02. The number of nitrogens with zero attached hydrogens (tertiary/aromatic N) is 4. The van der Waals surface area contributed by atoms with Gasteiger partial charge in [-0.15, -0.1) is 5.10 Å². The van der Waals surface area contributed by atoms with Crippen LogP contribution in [0, 0.1) is 0 Å². The highest BCUT2D eigenvalue weighted by Crippen LogP contribution is 2.20. The fraction of sp³-hybridized carbons (Fsp3) is 0.125. The first-order valence-electron chi connectivity index (χ1n) is 7.04. The quantitative estimate of drug-likeness (QED) is 0.799. The third-order valence-corrected chi connectivity index (χ3v) is 3.68. The van der Waals surface area contributed by atoms with Gasteiger partial charge in [0.05, 0.1) is 17.3 Å². The third kappa shape index (κ3) is 3.37. The Morgan fingerprint density at radius 2 is 2.00 bits per heavy atom. The number of rotatable bonds is 4. The highest BCUT2D eigenvalue weighted by atomic mass is 35.5. The summed E-state index contributed by atoms with van der Waals surface area (Å²) in [5.41, 5.74) is 2.00. The molecule has 0 aliphatic carbocycles. The summed E-state index contributed by atoms with van der Waals surface area (Å²) in [5.74, 6) is -0.219. The Bertz CT molecular complexity index is 805. The van der Waals surface area contributed by atoms with Gasteiger partial charge in [-0.05, 0) is 41.1 Å². The van der Waals surface area contributed by atoms with Crippen LogP contribution in [0.1, 0.15) is 28.9 Å². The zero-order valence-corrected chi connectivity index (χ0v) is 13.1. The van der Waals surface area contributed by atoms with Crippen LogP contribution in [-0.4, -0.2) is 26.1 Å². The lowest BCUT2D eigenvalue weighted by Crippen LogP contribution is -2.27. The van der Waals surface area contributed by atoms with Crippen molar-refractivity contribution < 1.29 is 4.79 Å². The molecule has 3 aromatic rings. The smallest absolute Gasteiger partial charge is 0.253 e. The topological polar surface area (TPSA) is 72.7 Å². The van der Waals surface area contributed by atoms with E-state index < -0.39 is 0 Å². The monoisotopic (exact) mass is 327 g/mol. The Kier molecular flexibility index (Phi) is 4.34. The van der Waals surface area contributed by atoms with Gasteiger partial charge in [-0.25, -0.2) is 0 Å². The minimum absolute atomic E-state index is 0.124. The van der Waals surface area contributed by atoms with Crippen LogP contribution < -0.4 is 5.32 Å². The Labute approximate surface area is 138 Å². The average molecular weight is 328 g/mol. The van der Waals surface area contributed by atoms with E-state index in [-0.39, 0.29) is 11.9 Å². The van der Waals surface area contributed by atoms with Gasteiger partial charge in [-0.2, -0.15) is 4.68 Å². The van der Waals surface area contributed by atoms with Crippen LogP contribution in [0.4, 0.5) is 0 Å². The lowest BCUT2D eigenvalue weighted by atomic mass is 10.1. The van der Waals surface area contributed by atoms with E-state index in [4.69, 9.17) is 11.6 Å². The fourth-order valence-electron chi connectivity index (χ4n) is 2.26. The maximum Gasteiger partial charge on any atom is 0.253 e. The zero-order valence-electron chi connectivity index (χ0n) is 12.3. The summed E-state index contributed by atoms with van der Waals surface area (Å²) in [4.78, 5) is 12.6. The van der Waals surface area contributed by atoms with Gasteiger partial charge < -0.3 is 5.32 Å². The SMILES string of the molecule is C[C@H](NC(=O)c1ccc(Cl)cc1-n1cnnn1)c1ccccc1. The number of carbonyl (C=O) groups excluding carboxylic acids is 1. The van der Waals surface area contributed by atoms with Crippen molar-refractivity contribution >= 4 is 17.5 Å². The van der Waals surface area contributed by atoms with Crippen LogP contribution in [0.25, 0.3) is 5.69 Å². The number of hydrogen-bond donors (Lipinski definition) is 1. The first-order chi connectivity index (χ1) is 11.1. The van der Waals surface area contributed by atoms with Gasteiger partial charge >= 0.3 is 0 Å². The first-order valence-corrected chi connectivity index (χ1v) is 7.41. The molecule has 2 aromatic carbocycles. The van der Waals surface area contributed by atoms with Crippen molar-refractivity contribution in [2.45, 2.75) is 13.0 Å². The Morgan fingerprint density at radius 3 is 2.70 bits per heavy atom. The van der Waals surface area contributed by atoms with Crippen LogP contribution in [0.3, 0.4) is 0 Å². The predicted molar refractivity (Wildman–Crippen MR) is 86.5 cm³/mol. The van der Waals surface area contributed by atoms with Gasteiger partial charge in [0, 0.05) is 5.02 Å². The van der Waals surface area contributed by atoms with E-state index in [1.54, 1.807) is 18.2 Å². The molecule has 0 spiro atoms. The second-order valence-corrected chi connectivity index (χ2v) is 5.46. The van der Waals surface area contributed by atoms with Crippen molar-refractivity contribution in [1.82, 2.24) is 25.5 Å². The third-order valence-electron chi connectivity index (χ3n) is 3.45. The molecular formula is C16H14ClN5O. The Morgan fingerprint density at radius 1 is 1.22 bits per heavy atom. The minimum atomic E-state index is -0.219. The maximum atomic E-state index is 12.6. The fourth-order valence-corrected chi connectivity index (χ4v) is 2.42. The van der Waals surface area contributed by atoms with Crippen LogP contribution in [0.2, 0.25) is 5.02 Å². The summed E-state index contributed by atoms with van der Waals surface area (Å²) in [6, 6.07) is 14.6. The lowest BCUT2D eigenvalue weighted by molar-refractivity contribution is 0.0939. The van der Waals surface area contributed by atoms with E-state index in [0.717, 1.165) is 5.56 Å². The van der Waals surface area contributed by atoms with E-state index in [9.17, 15) is 4.79 Å². The predicted octanol–water partition coefficient (Wildman–Crippen LogP) is 2.81. The molecule has 3 rings (SSSR count). The average Bonchev–Trinajstić information content (AvgIpc) is 3.09. The van der Waals surface area contributed by atoms with Gasteiger partial charge in [0.25, 0.3) is 5.91 Å². The Balaban J connectivity index is 1.88. The molecule has 1 atom stereocenters. The molecule has 0 unspecified atom stereocenters. The van der Waals surface area contributed by atoms with Gasteiger partial charge in [0.15, 0.2) is 0 Å². The number of tetrazole rings is 1. The van der Waals surface area contributed by atoms with Crippen molar-refractivity contribution in [3.63, 3.8) is 0 Å². The van der Waals surface area contributed by atoms with Crippen molar-refractivity contribution in [3.05, 3.63) is 71.0 Å². The van der Waals surface area contributed by atoms with Crippen LogP contribution in [0.15, 0.2) is 54.9 Å². The standard InChI is InChI=1S/C16H14ClN5O/c1-11(12-5-3-2-4-6-12)19-16(23)14-8-7-13(17)9-15(14)22-10-18-20-21-22/h2-11H,1H3,(H,19,23)/t11-/m0/s1. The summed E-state index contributed by atoms with van der Waals surface area (Å²) >= 11 is 6.03. The number of aromatic nitrogens is 4. The molecule has 0 saturated carbocycles. The van der Waals surface area contributed by atoms with Crippen molar-refractivity contribution in [2.75, 3.05) is 0 Å². The van der Waals surface area contributed by atoms with Crippen LogP contribution >= 0.6 is 11.6 Å². The second kappa shape index (κ2) is 6.58. The van der Waals surface area contributed by atoms with Gasteiger partial charge in [0.1, 0.15) is 6.33 Å². The molecule has 1 heterocycles. The zero-order chi connectivity index (χ0) is 16.2. The summed E-state index contributed by atoms with van der Waals surface area (Å²) in [6.45, 7) is 1.93. The highest BCUT2D eigenvalue weighted by molar-refractivity contribution is 6.31. The molecular weight excluding hydrogens is 314 g/mol. The van der Waals surface area contributed by atoms with Crippen molar-refractivity contribution in [3.8, 4) is 5.69 Å². The first kappa shape index (κ1) is 15.2. The molecule has 6 nitrogen and oxygen atoms in total. The summed E-state index contributed by atoms with van der Waals surface area (Å²) in [7, 11) is 0. The van der Waals surface area contributed by atoms with E-state index in [0.29, 0.717) is 16.3 Å². The van der Waals surface area contributed by atoms with Crippen molar-refractivity contribution in [1.29, 1.82) is 0 Å². The number of nitrogens with one attached hydrogen (secondary N) is 1. The van der Waals surface area contributed by atoms with Gasteiger partial charge in [-0.3, -0.25) is 4.79 Å². The molecule has 1 N–H and O–H groups in total. The number of halogens is 1. The van der Waals surface area contributed by atoms with E-state index >= 15 is 0 Å². The molecule has 0 saturated heterocycles. The largest absolute Gasteiger partial charge is 0.345 e.